The van der Waals surface area contributed by atoms with Gasteiger partial charge in [-0.15, -0.1) is 0 Å². The van der Waals surface area contributed by atoms with E-state index in [-0.39, 0.29) is 24.8 Å². The first-order valence-electron chi connectivity index (χ1n) is 11.1. The van der Waals surface area contributed by atoms with Crippen molar-refractivity contribution in [3.8, 4) is 0 Å². The third kappa shape index (κ3) is 3.47. The number of rotatable bonds is 4. The Hall–Kier alpha value is 0.423. The van der Waals surface area contributed by atoms with Gasteiger partial charge in [0.25, 0.3) is 0 Å². The van der Waals surface area contributed by atoms with Crippen LogP contribution in [0.3, 0.4) is 0 Å². The van der Waals surface area contributed by atoms with Crippen molar-refractivity contribution in [1.29, 1.82) is 0 Å². The number of hydrogen-bond donors (Lipinski definition) is 0. The molecule has 0 nitrogen and oxygen atoms in total. The van der Waals surface area contributed by atoms with Crippen molar-refractivity contribution in [3.63, 3.8) is 0 Å². The largest absolute Gasteiger partial charge is 1.00 e. The first-order valence-corrected chi connectivity index (χ1v) is 17.4. The number of hydrogen-bond acceptors (Lipinski definition) is 0. The normalized spacial score (nSPS) is 29.6. The molecular formula is C24H34Cl2Zr. The molecule has 0 spiro atoms. The molecule has 2 unspecified atom stereocenters. The van der Waals surface area contributed by atoms with Gasteiger partial charge in [0.2, 0.25) is 0 Å². The maximum atomic E-state index is 2.70. The van der Waals surface area contributed by atoms with Crippen molar-refractivity contribution < 1.29 is 45.1 Å². The van der Waals surface area contributed by atoms with Crippen molar-refractivity contribution in [2.24, 2.45) is 0 Å². The monoisotopic (exact) mass is 482 g/mol. The summed E-state index contributed by atoms with van der Waals surface area (Å²) in [7, 11) is 0. The van der Waals surface area contributed by atoms with E-state index in [4.69, 9.17) is 0 Å². The van der Waals surface area contributed by atoms with E-state index in [1.165, 1.54) is 64.2 Å². The predicted octanol–water partition coefficient (Wildman–Crippen LogP) is 2.02. The molecule has 4 aliphatic carbocycles. The molecule has 0 aromatic heterocycles. The van der Waals surface area contributed by atoms with E-state index in [0.29, 0.717) is 0 Å². The summed E-state index contributed by atoms with van der Waals surface area (Å²) in [5.74, 6) is 0. The Balaban J connectivity index is 0.00000105. The van der Waals surface area contributed by atoms with Crippen LogP contribution in [0.25, 0.3) is 0 Å². The maximum absolute atomic E-state index is 2.70. The molecule has 5 aliphatic rings. The molecule has 0 N–H and O–H groups in total. The van der Waals surface area contributed by atoms with Crippen LogP contribution in [0.2, 0.25) is 15.5 Å². The third-order valence-corrected chi connectivity index (χ3v) is 21.3. The first-order chi connectivity index (χ1) is 12.3. The van der Waals surface area contributed by atoms with Gasteiger partial charge in [0.05, 0.1) is 0 Å². The van der Waals surface area contributed by atoms with Crippen molar-refractivity contribution >= 4 is 0 Å². The molecule has 27 heavy (non-hydrogen) atoms. The maximum Gasteiger partial charge on any atom is -1.00 e. The van der Waals surface area contributed by atoms with Crippen LogP contribution in [-0.2, 0) is 20.3 Å². The van der Waals surface area contributed by atoms with E-state index in [1.807, 2.05) is 33.4 Å². The van der Waals surface area contributed by atoms with Gasteiger partial charge in [-0.2, -0.15) is 0 Å². The second-order valence-electron chi connectivity index (χ2n) is 9.26. The van der Waals surface area contributed by atoms with Gasteiger partial charge in [0, 0.05) is 0 Å². The molecule has 0 radical (unpaired) electrons. The summed E-state index contributed by atoms with van der Waals surface area (Å²) >= 11 is -2.15. The van der Waals surface area contributed by atoms with E-state index in [1.54, 1.807) is 8.26 Å². The summed E-state index contributed by atoms with van der Waals surface area (Å²) in [4.78, 5) is 0. The predicted molar refractivity (Wildman–Crippen MR) is 105 cm³/mol. The molecule has 1 aliphatic heterocycles. The molecule has 0 aromatic carbocycles. The van der Waals surface area contributed by atoms with Gasteiger partial charge in [-0.1, -0.05) is 0 Å². The minimum absolute atomic E-state index is 0. The van der Waals surface area contributed by atoms with Gasteiger partial charge in [0.1, 0.15) is 0 Å². The summed E-state index contributed by atoms with van der Waals surface area (Å²) in [6.45, 7) is 4.88. The molecule has 148 valence electrons. The van der Waals surface area contributed by atoms with Crippen molar-refractivity contribution in [2.75, 3.05) is 0 Å². The van der Waals surface area contributed by atoms with Crippen LogP contribution in [0.15, 0.2) is 45.6 Å². The van der Waals surface area contributed by atoms with Crippen LogP contribution in [0, 0.1) is 0 Å². The van der Waals surface area contributed by atoms with E-state index >= 15 is 0 Å². The molecule has 1 fully saturated rings. The first kappa shape index (κ1) is 22.1. The second kappa shape index (κ2) is 8.65. The Morgan fingerprint density at radius 2 is 1.11 bits per heavy atom. The van der Waals surface area contributed by atoms with Gasteiger partial charge in [0.15, 0.2) is 0 Å². The summed E-state index contributed by atoms with van der Waals surface area (Å²) < 4.78 is 5.41. The number of allylic oxidation sites excluding steroid dienone is 8. The molecular weight excluding hydrogens is 450 g/mol. The van der Waals surface area contributed by atoms with Crippen molar-refractivity contribution in [1.82, 2.24) is 0 Å². The molecule has 5 rings (SSSR count). The molecule has 2 atom stereocenters. The topological polar surface area (TPSA) is 0 Å². The van der Waals surface area contributed by atoms with Crippen LogP contribution in [0.1, 0.15) is 78.1 Å². The zero-order valence-electron chi connectivity index (χ0n) is 17.1. The fourth-order valence-corrected chi connectivity index (χ4v) is 25.5. The van der Waals surface area contributed by atoms with Gasteiger partial charge in [-0.25, -0.2) is 0 Å². The molecule has 1 heterocycles. The quantitative estimate of drug-likeness (QED) is 0.573. The summed E-state index contributed by atoms with van der Waals surface area (Å²) in [6.07, 6.45) is 19.6. The van der Waals surface area contributed by atoms with Crippen LogP contribution in [0.5, 0.6) is 0 Å². The van der Waals surface area contributed by atoms with E-state index in [0.717, 1.165) is 7.25 Å². The van der Waals surface area contributed by atoms with Gasteiger partial charge >= 0.3 is 159 Å². The fraction of sp³-hybridized carbons (Fsp3) is 0.667. The molecule has 0 aromatic rings. The molecule has 0 amide bonds. The molecule has 1 saturated heterocycles. The third-order valence-electron chi connectivity index (χ3n) is 8.06. The minimum atomic E-state index is -2.15. The Kier molecular flexibility index (Phi) is 7.09. The van der Waals surface area contributed by atoms with E-state index < -0.39 is 20.3 Å². The Morgan fingerprint density at radius 3 is 1.48 bits per heavy atom. The zero-order valence-corrected chi connectivity index (χ0v) is 21.0. The summed E-state index contributed by atoms with van der Waals surface area (Å²) in [6, 6.07) is 0. The summed E-state index contributed by atoms with van der Waals surface area (Å²) in [5.41, 5.74) is 11.4. The standard InChI is InChI=1S/2C11H15.C2H4.2ClH.Zr/c2*1-2-9-7-10-5-3-4-6-11(10)8-9;1-2;;;/h2*7-8H,2-6H2,1H3;1-2H2;2*1H;/q;;;;;+2/p-2. The van der Waals surface area contributed by atoms with Crippen LogP contribution in [-0.4, -0.2) is 0 Å². The van der Waals surface area contributed by atoms with Gasteiger partial charge in [-0.05, 0) is 0 Å². The van der Waals surface area contributed by atoms with Crippen molar-refractivity contribution in [2.45, 2.75) is 93.6 Å². The van der Waals surface area contributed by atoms with Gasteiger partial charge < -0.3 is 24.8 Å². The second-order valence-corrected chi connectivity index (χ2v) is 20.6. The summed E-state index contributed by atoms with van der Waals surface area (Å²) in [5, 5.41) is 0. The Morgan fingerprint density at radius 1 is 0.704 bits per heavy atom. The van der Waals surface area contributed by atoms with E-state index in [2.05, 4.69) is 26.0 Å². The van der Waals surface area contributed by atoms with E-state index in [9.17, 15) is 0 Å². The van der Waals surface area contributed by atoms with Crippen LogP contribution in [0.4, 0.5) is 0 Å². The van der Waals surface area contributed by atoms with Crippen LogP contribution >= 0.6 is 0 Å². The average Bonchev–Trinajstić information content (AvgIpc) is 3.20. The Bertz CT molecular complexity index is 663. The minimum Gasteiger partial charge on any atom is -1.00 e. The molecule has 0 saturated carbocycles. The average molecular weight is 485 g/mol. The zero-order chi connectivity index (χ0) is 17.0. The van der Waals surface area contributed by atoms with Crippen molar-refractivity contribution in [3.05, 3.63) is 45.6 Å². The van der Waals surface area contributed by atoms with Gasteiger partial charge in [-0.3, -0.25) is 0 Å². The van der Waals surface area contributed by atoms with Crippen LogP contribution < -0.4 is 24.8 Å². The Labute approximate surface area is 183 Å². The molecule has 3 heteroatoms. The fourth-order valence-electron chi connectivity index (χ4n) is 6.89. The number of halogens is 2. The SMILES string of the molecule is CCC1=CC2=C(CCCC2)[CH]1[Zr+2]1([CH]2C(CC)=CC3=C2CCCC3)[CH2][CH2]1.[Cl-].[Cl-]. The smallest absolute Gasteiger partial charge is 1.00 e. The molecule has 0 bridgehead atoms.